The van der Waals surface area contributed by atoms with Gasteiger partial charge in [0.15, 0.2) is 0 Å². The van der Waals surface area contributed by atoms with Crippen molar-refractivity contribution in [1.29, 1.82) is 0 Å². The lowest BCUT2D eigenvalue weighted by molar-refractivity contribution is 0.404. The van der Waals surface area contributed by atoms with Crippen molar-refractivity contribution >= 4 is 28.6 Å². The molecular formula is C7H6N4O4S2. The molecule has 2 heterocycles. The summed E-state index contributed by atoms with van der Waals surface area (Å²) in [5.41, 5.74) is 0. The molecule has 2 aromatic heterocycles. The van der Waals surface area contributed by atoms with E-state index >= 15 is 0 Å². The van der Waals surface area contributed by atoms with E-state index in [1.54, 1.807) is 0 Å². The lowest BCUT2D eigenvalue weighted by Crippen LogP contribution is -1.95. The molecule has 17 heavy (non-hydrogen) atoms. The van der Waals surface area contributed by atoms with Crippen molar-refractivity contribution in [2.75, 3.05) is 0 Å². The first-order valence-electron chi connectivity index (χ1n) is 4.20. The maximum Gasteiger partial charge on any atom is 0.328 e. The number of hydrogen-bond acceptors (Lipinski definition) is 6. The Kier molecular flexibility index (Phi) is 2.92. The van der Waals surface area contributed by atoms with Crippen molar-refractivity contribution in [3.63, 3.8) is 0 Å². The maximum atomic E-state index is 10.7. The minimum Gasteiger partial charge on any atom is -0.441 e. The van der Waals surface area contributed by atoms with Crippen LogP contribution in [0.25, 0.3) is 0 Å². The standard InChI is InChI=1S/C7H6N4O4S2/c12-17(13,14)6-2-1-5(15-6)3-9-11-4-8-10-7(11)16/h1-4H,(H,10,16)(H,12,13,14)/b9-3-. The second kappa shape index (κ2) is 4.24. The summed E-state index contributed by atoms with van der Waals surface area (Å²) in [5.74, 6) is 0.153. The molecule has 90 valence electrons. The zero-order chi connectivity index (χ0) is 12.5. The molecule has 0 spiro atoms. The molecule has 10 heteroatoms. The Bertz CT molecular complexity index is 708. The van der Waals surface area contributed by atoms with Gasteiger partial charge in [-0.15, -0.1) is 0 Å². The third-order valence-electron chi connectivity index (χ3n) is 1.70. The normalized spacial score (nSPS) is 12.3. The fraction of sp³-hybridized carbons (Fsp3) is 0. The number of furan rings is 1. The van der Waals surface area contributed by atoms with Gasteiger partial charge < -0.3 is 4.42 Å². The molecule has 0 aliphatic carbocycles. The quantitative estimate of drug-likeness (QED) is 0.483. The molecule has 0 radical (unpaired) electrons. The van der Waals surface area contributed by atoms with Crippen LogP contribution in [-0.4, -0.2) is 34.1 Å². The first-order valence-corrected chi connectivity index (χ1v) is 6.05. The average molecular weight is 274 g/mol. The third kappa shape index (κ3) is 2.67. The highest BCUT2D eigenvalue weighted by atomic mass is 32.2. The van der Waals surface area contributed by atoms with E-state index in [1.165, 1.54) is 23.3 Å². The number of aromatic nitrogens is 3. The summed E-state index contributed by atoms with van der Waals surface area (Å²) in [6.45, 7) is 0. The Labute approximate surface area is 100 Å². The molecule has 0 bridgehead atoms. The number of hydrogen-bond donors (Lipinski definition) is 2. The van der Waals surface area contributed by atoms with Crippen molar-refractivity contribution in [2.24, 2.45) is 5.10 Å². The molecule has 0 saturated carbocycles. The van der Waals surface area contributed by atoms with Gasteiger partial charge >= 0.3 is 10.1 Å². The second-order valence-electron chi connectivity index (χ2n) is 2.88. The van der Waals surface area contributed by atoms with Crippen LogP contribution < -0.4 is 0 Å². The minimum absolute atomic E-state index is 0.153. The van der Waals surface area contributed by atoms with E-state index in [0.717, 1.165) is 6.07 Å². The van der Waals surface area contributed by atoms with Gasteiger partial charge in [-0.05, 0) is 24.4 Å². The minimum atomic E-state index is -4.34. The molecule has 0 aromatic carbocycles. The van der Waals surface area contributed by atoms with Crippen molar-refractivity contribution in [3.8, 4) is 0 Å². The van der Waals surface area contributed by atoms with Crippen LogP contribution in [0.4, 0.5) is 0 Å². The van der Waals surface area contributed by atoms with Gasteiger partial charge in [0, 0.05) is 0 Å². The zero-order valence-corrected chi connectivity index (χ0v) is 9.77. The Morgan fingerprint density at radius 2 is 2.35 bits per heavy atom. The van der Waals surface area contributed by atoms with E-state index in [2.05, 4.69) is 15.3 Å². The van der Waals surface area contributed by atoms with Gasteiger partial charge in [0.05, 0.1) is 6.21 Å². The molecule has 0 unspecified atom stereocenters. The summed E-state index contributed by atoms with van der Waals surface area (Å²) in [6.07, 6.45) is 2.57. The van der Waals surface area contributed by atoms with Crippen LogP contribution in [0.2, 0.25) is 0 Å². The van der Waals surface area contributed by atoms with Crippen LogP contribution in [-0.2, 0) is 10.1 Å². The van der Waals surface area contributed by atoms with Crippen LogP contribution in [0.3, 0.4) is 0 Å². The van der Waals surface area contributed by atoms with Gasteiger partial charge in [-0.3, -0.25) is 9.65 Å². The topological polar surface area (TPSA) is 113 Å². The van der Waals surface area contributed by atoms with Crippen molar-refractivity contribution in [2.45, 2.75) is 5.09 Å². The highest BCUT2D eigenvalue weighted by Gasteiger charge is 2.13. The Morgan fingerprint density at radius 1 is 1.59 bits per heavy atom. The summed E-state index contributed by atoms with van der Waals surface area (Å²) >= 11 is 4.83. The molecule has 0 atom stereocenters. The number of aromatic amines is 1. The van der Waals surface area contributed by atoms with Gasteiger partial charge in [-0.25, -0.2) is 0 Å². The third-order valence-corrected chi connectivity index (χ3v) is 2.71. The molecule has 2 N–H and O–H groups in total. The SMILES string of the molecule is O=S(=O)(O)c1ccc(/C=N\n2cn[nH]c2=S)o1. The van der Waals surface area contributed by atoms with E-state index in [-0.39, 0.29) is 10.5 Å². The first kappa shape index (κ1) is 11.7. The van der Waals surface area contributed by atoms with E-state index in [9.17, 15) is 8.42 Å². The average Bonchev–Trinajstić information content (AvgIpc) is 2.82. The van der Waals surface area contributed by atoms with Crippen LogP contribution >= 0.6 is 12.2 Å². The van der Waals surface area contributed by atoms with E-state index in [0.29, 0.717) is 0 Å². The van der Waals surface area contributed by atoms with Gasteiger partial charge in [0.2, 0.25) is 9.86 Å². The Morgan fingerprint density at radius 3 is 2.88 bits per heavy atom. The van der Waals surface area contributed by atoms with Crippen LogP contribution in [0.1, 0.15) is 5.76 Å². The number of nitrogens with zero attached hydrogens (tertiary/aromatic N) is 3. The molecule has 0 fully saturated rings. The Balaban J connectivity index is 2.26. The fourth-order valence-electron chi connectivity index (χ4n) is 0.986. The summed E-state index contributed by atoms with van der Waals surface area (Å²) in [5, 5.41) is 9.42. The predicted molar refractivity (Wildman–Crippen MR) is 58.9 cm³/mol. The summed E-state index contributed by atoms with van der Waals surface area (Å²) < 4.78 is 36.5. The van der Waals surface area contributed by atoms with Crippen molar-refractivity contribution in [3.05, 3.63) is 29.0 Å². The predicted octanol–water partition coefficient (Wildman–Crippen LogP) is 0.663. The van der Waals surface area contributed by atoms with Crippen LogP contribution in [0, 0.1) is 4.77 Å². The number of nitrogens with one attached hydrogen (secondary N) is 1. The van der Waals surface area contributed by atoms with Gasteiger partial charge in [-0.2, -0.15) is 23.3 Å². The molecule has 2 rings (SSSR count). The van der Waals surface area contributed by atoms with Crippen LogP contribution in [0.15, 0.2) is 33.1 Å². The lowest BCUT2D eigenvalue weighted by Gasteiger charge is -1.89. The van der Waals surface area contributed by atoms with Crippen LogP contribution in [0.5, 0.6) is 0 Å². The highest BCUT2D eigenvalue weighted by Crippen LogP contribution is 2.11. The number of H-pyrrole nitrogens is 1. The number of rotatable bonds is 3. The molecule has 0 aliphatic heterocycles. The largest absolute Gasteiger partial charge is 0.441 e. The molecular weight excluding hydrogens is 268 g/mol. The highest BCUT2D eigenvalue weighted by molar-refractivity contribution is 7.85. The molecule has 8 nitrogen and oxygen atoms in total. The fourth-order valence-corrected chi connectivity index (χ4v) is 1.57. The second-order valence-corrected chi connectivity index (χ2v) is 4.62. The van der Waals surface area contributed by atoms with Crippen molar-refractivity contribution in [1.82, 2.24) is 14.9 Å². The zero-order valence-electron chi connectivity index (χ0n) is 8.14. The van der Waals surface area contributed by atoms with Gasteiger partial charge in [-0.1, -0.05) is 0 Å². The van der Waals surface area contributed by atoms with Crippen molar-refractivity contribution < 1.29 is 17.4 Å². The summed E-state index contributed by atoms with van der Waals surface area (Å²) in [7, 11) is -4.34. The van der Waals surface area contributed by atoms with Gasteiger partial charge in [0.1, 0.15) is 12.1 Å². The van der Waals surface area contributed by atoms with E-state index in [1.807, 2.05) is 0 Å². The van der Waals surface area contributed by atoms with E-state index in [4.69, 9.17) is 21.2 Å². The van der Waals surface area contributed by atoms with E-state index < -0.39 is 15.2 Å². The van der Waals surface area contributed by atoms with Gasteiger partial charge in [0.25, 0.3) is 0 Å². The monoisotopic (exact) mass is 274 g/mol. The molecule has 0 aliphatic rings. The summed E-state index contributed by atoms with van der Waals surface area (Å²) in [4.78, 5) is 0. The first-order chi connectivity index (χ1) is 7.97. The maximum absolute atomic E-state index is 10.7. The Hall–Kier alpha value is -1.78. The smallest absolute Gasteiger partial charge is 0.328 e. The molecule has 0 amide bonds. The molecule has 0 saturated heterocycles. The summed E-state index contributed by atoms with van der Waals surface area (Å²) in [6, 6.07) is 2.46. The molecule has 2 aromatic rings. The lowest BCUT2D eigenvalue weighted by atomic mass is 10.5.